The summed E-state index contributed by atoms with van der Waals surface area (Å²) in [6, 6.07) is 30.7. The first-order chi connectivity index (χ1) is 14.3. The number of hydrogen-bond donors (Lipinski definition) is 1. The predicted octanol–water partition coefficient (Wildman–Crippen LogP) is 4.74. The maximum absolute atomic E-state index is 5.83. The van der Waals surface area contributed by atoms with Gasteiger partial charge in [-0.25, -0.2) is 0 Å². The Morgan fingerprint density at radius 2 is 1.45 bits per heavy atom. The standard InChI is InChI=1S/C25H26N2O2/c1-25(21-13-7-3-8-14-21)24(20-11-5-2-6-12-20)26-23(27-25)19-28-17-18-29-22-15-9-4-10-16-22/h2-16,24H,17-19H2,1H3,(H,26,27)/t24-,25+/m1/s1. The van der Waals surface area contributed by atoms with Crippen LogP contribution in [0.3, 0.4) is 0 Å². The van der Waals surface area contributed by atoms with Gasteiger partial charge in [0.25, 0.3) is 0 Å². The largest absolute Gasteiger partial charge is 0.491 e. The van der Waals surface area contributed by atoms with Crippen molar-refractivity contribution in [2.75, 3.05) is 19.8 Å². The Labute approximate surface area is 172 Å². The van der Waals surface area contributed by atoms with Crippen molar-refractivity contribution in [1.82, 2.24) is 5.32 Å². The maximum atomic E-state index is 5.83. The van der Waals surface area contributed by atoms with Crippen molar-refractivity contribution in [1.29, 1.82) is 0 Å². The first-order valence-corrected chi connectivity index (χ1v) is 9.96. The summed E-state index contributed by atoms with van der Waals surface area (Å²) in [7, 11) is 0. The second-order valence-corrected chi connectivity index (χ2v) is 7.30. The van der Waals surface area contributed by atoms with Gasteiger partial charge in [0.05, 0.1) is 12.1 Å². The molecule has 0 aromatic heterocycles. The van der Waals surface area contributed by atoms with Crippen LogP contribution in [-0.4, -0.2) is 25.7 Å². The lowest BCUT2D eigenvalue weighted by molar-refractivity contribution is 0.126. The zero-order valence-corrected chi connectivity index (χ0v) is 16.6. The summed E-state index contributed by atoms with van der Waals surface area (Å²) in [4.78, 5) is 4.98. The molecule has 29 heavy (non-hydrogen) atoms. The highest BCUT2D eigenvalue weighted by Crippen LogP contribution is 2.41. The Kier molecular flexibility index (Phi) is 5.92. The Balaban J connectivity index is 1.41. The summed E-state index contributed by atoms with van der Waals surface area (Å²) in [5, 5.41) is 3.62. The number of hydrogen-bond acceptors (Lipinski definition) is 4. The number of ether oxygens (including phenoxy) is 2. The lowest BCUT2D eigenvalue weighted by Crippen LogP contribution is -2.42. The first kappa shape index (κ1) is 19.2. The highest BCUT2D eigenvalue weighted by Gasteiger charge is 2.42. The Hall–Kier alpha value is -3.11. The van der Waals surface area contributed by atoms with Crippen LogP contribution in [0.5, 0.6) is 5.75 Å². The second kappa shape index (κ2) is 8.93. The maximum Gasteiger partial charge on any atom is 0.124 e. The van der Waals surface area contributed by atoms with E-state index in [9.17, 15) is 0 Å². The molecule has 1 heterocycles. The minimum absolute atomic E-state index is 0.00901. The molecule has 4 nitrogen and oxygen atoms in total. The molecule has 3 aromatic rings. The zero-order valence-electron chi connectivity index (χ0n) is 16.6. The zero-order chi connectivity index (χ0) is 19.9. The van der Waals surface area contributed by atoms with E-state index in [1.165, 1.54) is 11.1 Å². The molecular formula is C25H26N2O2. The van der Waals surface area contributed by atoms with Crippen molar-refractivity contribution in [3.8, 4) is 5.75 Å². The molecule has 4 heteroatoms. The Morgan fingerprint density at radius 1 is 0.828 bits per heavy atom. The molecule has 1 aliphatic rings. The smallest absolute Gasteiger partial charge is 0.124 e. The van der Waals surface area contributed by atoms with E-state index in [1.807, 2.05) is 42.5 Å². The highest BCUT2D eigenvalue weighted by molar-refractivity contribution is 5.87. The lowest BCUT2D eigenvalue weighted by atomic mass is 9.82. The fraction of sp³-hybridized carbons (Fsp3) is 0.240. The third-order valence-electron chi connectivity index (χ3n) is 5.20. The van der Waals surface area contributed by atoms with Gasteiger partial charge < -0.3 is 14.8 Å². The summed E-state index contributed by atoms with van der Waals surface area (Å²) >= 11 is 0. The number of benzene rings is 3. The van der Waals surface area contributed by atoms with E-state index in [4.69, 9.17) is 14.5 Å². The van der Waals surface area contributed by atoms with Crippen LogP contribution in [0.4, 0.5) is 0 Å². The average molecular weight is 386 g/mol. The van der Waals surface area contributed by atoms with Crippen LogP contribution in [0, 0.1) is 0 Å². The van der Waals surface area contributed by atoms with Crippen LogP contribution in [0.15, 0.2) is 96.0 Å². The van der Waals surface area contributed by atoms with Crippen molar-refractivity contribution in [2.24, 2.45) is 4.99 Å². The fourth-order valence-electron chi connectivity index (χ4n) is 3.72. The van der Waals surface area contributed by atoms with Gasteiger partial charge in [-0.1, -0.05) is 78.9 Å². The summed E-state index contributed by atoms with van der Waals surface area (Å²) in [5.74, 6) is 1.72. The Morgan fingerprint density at radius 3 is 2.14 bits per heavy atom. The van der Waals surface area contributed by atoms with Gasteiger partial charge in [-0.15, -0.1) is 0 Å². The quantitative estimate of drug-likeness (QED) is 0.569. The number of para-hydroxylation sites is 1. The number of rotatable bonds is 8. The summed E-state index contributed by atoms with van der Waals surface area (Å²) in [6.07, 6.45) is 0. The summed E-state index contributed by atoms with van der Waals surface area (Å²) in [5.41, 5.74) is 2.08. The molecule has 0 radical (unpaired) electrons. The number of aliphatic imine (C=N–C) groups is 1. The van der Waals surface area contributed by atoms with Gasteiger partial charge in [0.1, 0.15) is 30.8 Å². The van der Waals surface area contributed by atoms with Crippen molar-refractivity contribution >= 4 is 5.84 Å². The van der Waals surface area contributed by atoms with Crippen molar-refractivity contribution in [2.45, 2.75) is 18.5 Å². The van der Waals surface area contributed by atoms with Gasteiger partial charge in [0.15, 0.2) is 0 Å². The molecule has 0 unspecified atom stereocenters. The van der Waals surface area contributed by atoms with Gasteiger partial charge in [-0.3, -0.25) is 4.99 Å². The van der Waals surface area contributed by atoms with E-state index in [0.717, 1.165) is 11.6 Å². The molecule has 0 aliphatic carbocycles. The molecule has 0 saturated heterocycles. The highest BCUT2D eigenvalue weighted by atomic mass is 16.5. The SMILES string of the molecule is C[C@@]1(c2ccccc2)NC(COCCOc2ccccc2)=N[C@@H]1c1ccccc1. The summed E-state index contributed by atoms with van der Waals surface area (Å²) in [6.45, 7) is 3.65. The molecule has 1 aliphatic heterocycles. The number of amidine groups is 1. The molecule has 3 aromatic carbocycles. The summed E-state index contributed by atoms with van der Waals surface area (Å²) < 4.78 is 11.5. The van der Waals surface area contributed by atoms with E-state index in [1.54, 1.807) is 0 Å². The molecule has 2 atom stereocenters. The fourth-order valence-corrected chi connectivity index (χ4v) is 3.72. The van der Waals surface area contributed by atoms with Crippen LogP contribution in [0.1, 0.15) is 24.1 Å². The number of nitrogens with zero attached hydrogens (tertiary/aromatic N) is 1. The molecule has 0 bridgehead atoms. The van der Waals surface area contributed by atoms with Gasteiger partial charge in [0, 0.05) is 0 Å². The van der Waals surface area contributed by atoms with Crippen LogP contribution in [0.2, 0.25) is 0 Å². The lowest BCUT2D eigenvalue weighted by Gasteiger charge is -2.32. The van der Waals surface area contributed by atoms with Gasteiger partial charge >= 0.3 is 0 Å². The molecule has 0 spiro atoms. The topological polar surface area (TPSA) is 42.8 Å². The minimum Gasteiger partial charge on any atom is -0.491 e. The molecule has 0 saturated carbocycles. The van der Waals surface area contributed by atoms with E-state index in [0.29, 0.717) is 19.8 Å². The average Bonchev–Trinajstić information content (AvgIpc) is 3.13. The minimum atomic E-state index is -0.318. The molecule has 148 valence electrons. The van der Waals surface area contributed by atoms with Crippen LogP contribution >= 0.6 is 0 Å². The molecule has 0 amide bonds. The van der Waals surface area contributed by atoms with E-state index < -0.39 is 0 Å². The van der Waals surface area contributed by atoms with Crippen molar-refractivity contribution < 1.29 is 9.47 Å². The van der Waals surface area contributed by atoms with Crippen molar-refractivity contribution in [3.63, 3.8) is 0 Å². The normalized spacial score (nSPS) is 20.7. The van der Waals surface area contributed by atoms with Gasteiger partial charge in [0.2, 0.25) is 0 Å². The van der Waals surface area contributed by atoms with Gasteiger partial charge in [-0.2, -0.15) is 0 Å². The van der Waals surface area contributed by atoms with E-state index in [2.05, 4.69) is 60.8 Å². The van der Waals surface area contributed by atoms with Crippen molar-refractivity contribution in [3.05, 3.63) is 102 Å². The molecule has 4 rings (SSSR count). The molecule has 1 N–H and O–H groups in total. The molecule has 0 fully saturated rings. The molecular weight excluding hydrogens is 360 g/mol. The van der Waals surface area contributed by atoms with Gasteiger partial charge in [-0.05, 0) is 30.2 Å². The predicted molar refractivity (Wildman–Crippen MR) is 116 cm³/mol. The third-order valence-corrected chi connectivity index (χ3v) is 5.20. The number of nitrogens with one attached hydrogen (secondary N) is 1. The second-order valence-electron chi connectivity index (χ2n) is 7.30. The monoisotopic (exact) mass is 386 g/mol. The van der Waals surface area contributed by atoms with Crippen LogP contribution in [-0.2, 0) is 10.3 Å². The van der Waals surface area contributed by atoms with Crippen LogP contribution < -0.4 is 10.1 Å². The first-order valence-electron chi connectivity index (χ1n) is 9.96. The van der Waals surface area contributed by atoms with E-state index in [-0.39, 0.29) is 11.6 Å². The van der Waals surface area contributed by atoms with Crippen LogP contribution in [0.25, 0.3) is 0 Å². The Bertz CT molecular complexity index is 929. The van der Waals surface area contributed by atoms with E-state index >= 15 is 0 Å². The third kappa shape index (κ3) is 4.49.